The van der Waals surface area contributed by atoms with E-state index in [1.807, 2.05) is 67.6 Å². The molecule has 2 N–H and O–H groups in total. The summed E-state index contributed by atoms with van der Waals surface area (Å²) in [6.45, 7) is 2.72. The second kappa shape index (κ2) is 7.79. The van der Waals surface area contributed by atoms with Gasteiger partial charge in [-0.2, -0.15) is 4.98 Å². The van der Waals surface area contributed by atoms with E-state index in [1.54, 1.807) is 0 Å². The number of halogens is 1. The van der Waals surface area contributed by atoms with E-state index in [0.29, 0.717) is 5.95 Å². The van der Waals surface area contributed by atoms with Crippen LogP contribution in [0.4, 0.5) is 17.5 Å². The summed E-state index contributed by atoms with van der Waals surface area (Å²) in [6.07, 6.45) is 0.885. The van der Waals surface area contributed by atoms with Crippen LogP contribution in [0.25, 0.3) is 0 Å². The highest BCUT2D eigenvalue weighted by atomic mass is 35.5. The van der Waals surface area contributed by atoms with Crippen LogP contribution in [0, 0.1) is 6.92 Å². The first-order valence-electron chi connectivity index (χ1n) is 7.85. The first-order chi connectivity index (χ1) is 11.7. The molecule has 2 aromatic carbocycles. The van der Waals surface area contributed by atoms with Gasteiger partial charge in [0.1, 0.15) is 5.82 Å². The molecule has 5 heteroatoms. The average molecular weight is 339 g/mol. The number of benzene rings is 2. The Labute approximate surface area is 146 Å². The Morgan fingerprint density at radius 2 is 1.71 bits per heavy atom. The zero-order valence-corrected chi connectivity index (χ0v) is 14.2. The highest BCUT2D eigenvalue weighted by Gasteiger charge is 2.03. The highest BCUT2D eigenvalue weighted by Crippen LogP contribution is 2.16. The minimum absolute atomic E-state index is 0.627. The standard InChI is InChI=1S/C19H19ClN4/c1-14-13-18(23-17-5-3-2-4-6-17)24-19(22-14)21-12-11-15-7-9-16(20)10-8-15/h2-10,13H,11-12H2,1H3,(H2,21,22,23,24). The van der Waals surface area contributed by atoms with Crippen LogP contribution in [0.5, 0.6) is 0 Å². The molecule has 4 nitrogen and oxygen atoms in total. The Bertz CT molecular complexity index is 788. The second-order valence-electron chi connectivity index (χ2n) is 5.51. The Hall–Kier alpha value is -2.59. The molecule has 0 bridgehead atoms. The number of para-hydroxylation sites is 1. The smallest absolute Gasteiger partial charge is 0.224 e. The molecule has 0 aliphatic rings. The molecule has 0 fully saturated rings. The zero-order valence-electron chi connectivity index (χ0n) is 13.5. The van der Waals surface area contributed by atoms with E-state index < -0.39 is 0 Å². The monoisotopic (exact) mass is 338 g/mol. The van der Waals surface area contributed by atoms with Crippen molar-refractivity contribution in [3.05, 3.63) is 76.9 Å². The van der Waals surface area contributed by atoms with Crippen molar-refractivity contribution >= 4 is 29.1 Å². The van der Waals surface area contributed by atoms with Crippen molar-refractivity contribution in [2.24, 2.45) is 0 Å². The fourth-order valence-corrected chi connectivity index (χ4v) is 2.48. The molecular weight excluding hydrogens is 320 g/mol. The summed E-state index contributed by atoms with van der Waals surface area (Å²) < 4.78 is 0. The van der Waals surface area contributed by atoms with Crippen molar-refractivity contribution in [3.8, 4) is 0 Å². The Morgan fingerprint density at radius 1 is 0.958 bits per heavy atom. The summed E-state index contributed by atoms with van der Waals surface area (Å²) in [5.41, 5.74) is 3.14. The molecular formula is C19H19ClN4. The minimum Gasteiger partial charge on any atom is -0.354 e. The number of aryl methyl sites for hydroxylation is 1. The van der Waals surface area contributed by atoms with Crippen molar-refractivity contribution in [2.75, 3.05) is 17.2 Å². The van der Waals surface area contributed by atoms with E-state index in [9.17, 15) is 0 Å². The van der Waals surface area contributed by atoms with Gasteiger partial charge in [-0.25, -0.2) is 4.98 Å². The highest BCUT2D eigenvalue weighted by molar-refractivity contribution is 6.30. The van der Waals surface area contributed by atoms with Gasteiger partial charge in [0.2, 0.25) is 5.95 Å². The normalized spacial score (nSPS) is 10.4. The summed E-state index contributed by atoms with van der Waals surface area (Å²) in [6, 6.07) is 19.8. The van der Waals surface area contributed by atoms with Crippen LogP contribution in [0.1, 0.15) is 11.3 Å². The molecule has 0 radical (unpaired) electrons. The lowest BCUT2D eigenvalue weighted by Crippen LogP contribution is -2.09. The first-order valence-corrected chi connectivity index (χ1v) is 8.23. The van der Waals surface area contributed by atoms with Gasteiger partial charge < -0.3 is 10.6 Å². The van der Waals surface area contributed by atoms with Gasteiger partial charge in [-0.05, 0) is 43.2 Å². The molecule has 0 spiro atoms. The maximum atomic E-state index is 5.90. The van der Waals surface area contributed by atoms with Crippen molar-refractivity contribution in [2.45, 2.75) is 13.3 Å². The summed E-state index contributed by atoms with van der Waals surface area (Å²) >= 11 is 5.90. The SMILES string of the molecule is Cc1cc(Nc2ccccc2)nc(NCCc2ccc(Cl)cc2)n1. The quantitative estimate of drug-likeness (QED) is 0.675. The topological polar surface area (TPSA) is 49.8 Å². The van der Waals surface area contributed by atoms with E-state index in [2.05, 4.69) is 20.6 Å². The number of nitrogens with zero attached hydrogens (tertiary/aromatic N) is 2. The Morgan fingerprint density at radius 3 is 2.46 bits per heavy atom. The summed E-state index contributed by atoms with van der Waals surface area (Å²) in [4.78, 5) is 8.96. The fourth-order valence-electron chi connectivity index (χ4n) is 2.35. The number of aromatic nitrogens is 2. The Kier molecular flexibility index (Phi) is 5.29. The summed E-state index contributed by atoms with van der Waals surface area (Å²) in [5, 5.41) is 7.33. The molecule has 0 unspecified atom stereocenters. The molecule has 0 aliphatic heterocycles. The first kappa shape index (κ1) is 16.3. The van der Waals surface area contributed by atoms with Crippen molar-refractivity contribution in [1.82, 2.24) is 9.97 Å². The molecule has 3 aromatic rings. The predicted molar refractivity (Wildman–Crippen MR) is 100 cm³/mol. The molecule has 1 aromatic heterocycles. The molecule has 0 atom stereocenters. The molecule has 24 heavy (non-hydrogen) atoms. The minimum atomic E-state index is 0.627. The van der Waals surface area contributed by atoms with E-state index in [1.165, 1.54) is 5.56 Å². The third kappa shape index (κ3) is 4.70. The third-order valence-corrected chi connectivity index (χ3v) is 3.76. The van der Waals surface area contributed by atoms with E-state index in [4.69, 9.17) is 11.6 Å². The average Bonchev–Trinajstić information content (AvgIpc) is 2.57. The summed E-state index contributed by atoms with van der Waals surface area (Å²) in [7, 11) is 0. The zero-order chi connectivity index (χ0) is 16.8. The molecule has 122 valence electrons. The number of rotatable bonds is 6. The van der Waals surface area contributed by atoms with Gasteiger partial charge >= 0.3 is 0 Å². The number of hydrogen-bond acceptors (Lipinski definition) is 4. The number of anilines is 3. The predicted octanol–water partition coefficient (Wildman–Crippen LogP) is 4.84. The van der Waals surface area contributed by atoms with E-state index >= 15 is 0 Å². The van der Waals surface area contributed by atoms with Crippen LogP contribution in [-0.4, -0.2) is 16.5 Å². The van der Waals surface area contributed by atoms with Crippen LogP contribution in [0.3, 0.4) is 0 Å². The van der Waals surface area contributed by atoms with Gasteiger partial charge in [-0.3, -0.25) is 0 Å². The van der Waals surface area contributed by atoms with Crippen molar-refractivity contribution in [1.29, 1.82) is 0 Å². The fraction of sp³-hybridized carbons (Fsp3) is 0.158. The Balaban J connectivity index is 1.62. The maximum Gasteiger partial charge on any atom is 0.224 e. The molecule has 3 rings (SSSR count). The van der Waals surface area contributed by atoms with Crippen LogP contribution < -0.4 is 10.6 Å². The van der Waals surface area contributed by atoms with Gasteiger partial charge in [0.15, 0.2) is 0 Å². The lowest BCUT2D eigenvalue weighted by Gasteiger charge is -2.10. The van der Waals surface area contributed by atoms with Crippen LogP contribution >= 0.6 is 11.6 Å². The van der Waals surface area contributed by atoms with Gasteiger partial charge in [0.05, 0.1) is 0 Å². The molecule has 0 amide bonds. The second-order valence-corrected chi connectivity index (χ2v) is 5.95. The molecule has 0 saturated carbocycles. The maximum absolute atomic E-state index is 5.90. The lowest BCUT2D eigenvalue weighted by molar-refractivity contribution is 0.976. The van der Waals surface area contributed by atoms with Gasteiger partial charge in [0.25, 0.3) is 0 Å². The van der Waals surface area contributed by atoms with E-state index in [-0.39, 0.29) is 0 Å². The van der Waals surface area contributed by atoms with Gasteiger partial charge in [0, 0.05) is 29.0 Å². The van der Waals surface area contributed by atoms with Crippen molar-refractivity contribution in [3.63, 3.8) is 0 Å². The lowest BCUT2D eigenvalue weighted by atomic mass is 10.1. The molecule has 0 aliphatic carbocycles. The third-order valence-electron chi connectivity index (χ3n) is 3.51. The summed E-state index contributed by atoms with van der Waals surface area (Å²) in [5.74, 6) is 1.41. The van der Waals surface area contributed by atoms with Crippen LogP contribution in [-0.2, 0) is 6.42 Å². The molecule has 0 saturated heterocycles. The van der Waals surface area contributed by atoms with Crippen molar-refractivity contribution < 1.29 is 0 Å². The number of hydrogen-bond donors (Lipinski definition) is 2. The van der Waals surface area contributed by atoms with Crippen LogP contribution in [0.2, 0.25) is 5.02 Å². The van der Waals surface area contributed by atoms with Crippen LogP contribution in [0.15, 0.2) is 60.7 Å². The largest absolute Gasteiger partial charge is 0.354 e. The van der Waals surface area contributed by atoms with Gasteiger partial charge in [-0.15, -0.1) is 0 Å². The van der Waals surface area contributed by atoms with Gasteiger partial charge in [-0.1, -0.05) is 41.9 Å². The van der Waals surface area contributed by atoms with E-state index in [0.717, 1.165) is 35.2 Å². The number of nitrogens with one attached hydrogen (secondary N) is 2. The molecule has 1 heterocycles.